The number of aliphatic hydroxyl groups excluding tert-OH is 2. The lowest BCUT2D eigenvalue weighted by Gasteiger charge is -2.35. The van der Waals surface area contributed by atoms with Gasteiger partial charge in [0.1, 0.15) is 11.0 Å². The second kappa shape index (κ2) is 44.5. The Balaban J connectivity index is 0.000000618. The Morgan fingerprint density at radius 1 is 0.441 bits per heavy atom. The number of amides is 1. The highest BCUT2D eigenvalue weighted by Gasteiger charge is 2.44. The molecule has 0 fully saturated rings. The molecular formula is C71H107NO20S10. The van der Waals surface area contributed by atoms with E-state index in [9.17, 15) is 83.5 Å². The first-order valence-electron chi connectivity index (χ1n) is 33.7. The number of hydrogen-bond acceptors (Lipinski definition) is 20. The number of carbonyl (C=O) groups is 3. The molecular weight excluding hydrogens is 1510 g/mol. The first kappa shape index (κ1) is 95.3. The van der Waals surface area contributed by atoms with Crippen LogP contribution in [0.5, 0.6) is 0 Å². The highest BCUT2D eigenvalue weighted by molar-refractivity contribution is 8.00. The van der Waals surface area contributed by atoms with Crippen molar-refractivity contribution in [1.82, 2.24) is 5.32 Å². The normalized spacial score (nSPS) is 24.9. The largest absolute Gasteiger partial charge is 0.480 e. The third kappa shape index (κ3) is 26.7. The predicted octanol–water partition coefficient (Wildman–Crippen LogP) is 11.2. The van der Waals surface area contributed by atoms with Crippen molar-refractivity contribution in [2.45, 2.75) is 206 Å². The number of carboxylic acids is 1. The summed E-state index contributed by atoms with van der Waals surface area (Å²) in [6.45, 7) is 24.7. The number of carbonyl (C=O) groups excluding carboxylic acids is 2. The highest BCUT2D eigenvalue weighted by atomic mass is 32.2. The van der Waals surface area contributed by atoms with Gasteiger partial charge in [-0.1, -0.05) is 167 Å². The van der Waals surface area contributed by atoms with E-state index in [4.69, 9.17) is 5.11 Å². The van der Waals surface area contributed by atoms with E-state index in [1.54, 1.807) is 103 Å². The monoisotopic (exact) mass is 1610 g/mol. The van der Waals surface area contributed by atoms with Gasteiger partial charge in [0.05, 0.1) is 93.2 Å². The number of fused-ring (bicyclic) bond motifs is 5. The van der Waals surface area contributed by atoms with Gasteiger partial charge in [0, 0.05) is 86.1 Å². The van der Waals surface area contributed by atoms with E-state index in [1.807, 2.05) is 100 Å². The minimum absolute atomic E-state index is 0.00614. The first-order chi connectivity index (χ1) is 47.8. The molecule has 0 aromatic heterocycles. The number of sulfone groups is 5. The number of carboxylic acid groups (broad SMARTS) is 1. The van der Waals surface area contributed by atoms with Crippen LogP contribution in [0.15, 0.2) is 146 Å². The molecule has 31 heteroatoms. The molecule has 102 heavy (non-hydrogen) atoms. The van der Waals surface area contributed by atoms with E-state index in [0.717, 1.165) is 16.7 Å². The average molecular weight is 1620 g/mol. The number of thioether (sulfide) groups is 1. The van der Waals surface area contributed by atoms with Crippen LogP contribution in [0.1, 0.15) is 183 Å². The molecule has 15 atom stereocenters. The molecule has 0 bridgehead atoms. The van der Waals surface area contributed by atoms with Crippen LogP contribution in [0.25, 0.3) is 0 Å². The summed E-state index contributed by atoms with van der Waals surface area (Å²) in [5.74, 6) is -1.47. The molecule has 5 aliphatic heterocycles. The minimum atomic E-state index is -3.43. The fraction of sp³-hybridized carbons (Fsp3) is 0.535. The number of benzene rings is 5. The van der Waals surface area contributed by atoms with Crippen LogP contribution >= 0.6 is 11.8 Å². The molecule has 4 N–H and O–H groups in total. The maximum atomic E-state index is 12.5. The third-order valence-electron chi connectivity index (χ3n) is 16.1. The van der Waals surface area contributed by atoms with E-state index in [-0.39, 0.29) is 72.4 Å². The van der Waals surface area contributed by atoms with Crippen LogP contribution in [-0.2, 0) is 107 Å². The Labute approximate surface area is 622 Å². The molecule has 5 aromatic carbocycles. The van der Waals surface area contributed by atoms with Gasteiger partial charge in [-0.3, -0.25) is 26.4 Å². The topological polar surface area (TPSA) is 363 Å². The van der Waals surface area contributed by atoms with Gasteiger partial charge in [-0.05, 0) is 103 Å². The van der Waals surface area contributed by atoms with Crippen molar-refractivity contribution in [3.05, 3.63) is 149 Å². The molecule has 576 valence electrons. The van der Waals surface area contributed by atoms with E-state index >= 15 is 0 Å². The summed E-state index contributed by atoms with van der Waals surface area (Å²) in [6.07, 6.45) is 7.42. The number of aliphatic carboxylic acids is 1. The van der Waals surface area contributed by atoms with Crippen molar-refractivity contribution in [2.24, 2.45) is 5.92 Å². The lowest BCUT2D eigenvalue weighted by Crippen LogP contribution is -2.38. The number of rotatable bonds is 13. The average Bonchev–Trinajstić information content (AvgIpc) is 0.806. The van der Waals surface area contributed by atoms with Crippen molar-refractivity contribution in [3.8, 4) is 0 Å². The molecule has 21 nitrogen and oxygen atoms in total. The number of Topliss-reactive ketones (excluding diaryl/α,β-unsaturated/α-hetero) is 1. The Kier molecular flexibility index (Phi) is 41.6. The molecule has 5 aliphatic rings. The Bertz CT molecular complexity index is 4130. The second-order valence-electron chi connectivity index (χ2n) is 23.1. The summed E-state index contributed by atoms with van der Waals surface area (Å²) in [5, 5.41) is 24.5. The van der Waals surface area contributed by atoms with Crippen molar-refractivity contribution in [1.29, 1.82) is 0 Å². The number of aliphatic hydroxyl groups is 2. The summed E-state index contributed by atoms with van der Waals surface area (Å²) in [7, 11) is -21.9. The number of ketones is 1. The maximum absolute atomic E-state index is 12.5. The summed E-state index contributed by atoms with van der Waals surface area (Å²) in [4.78, 5) is 36.1. The van der Waals surface area contributed by atoms with Crippen LogP contribution in [0, 0.1) is 5.92 Å². The quantitative estimate of drug-likeness (QED) is 0.0850. The van der Waals surface area contributed by atoms with Gasteiger partial charge in [0.25, 0.3) is 0 Å². The smallest absolute Gasteiger partial charge is 0.319 e. The molecule has 9 unspecified atom stereocenters. The van der Waals surface area contributed by atoms with Crippen LogP contribution in [0.3, 0.4) is 0 Å². The molecule has 10 rings (SSSR count). The molecule has 0 aliphatic carbocycles. The minimum Gasteiger partial charge on any atom is -0.480 e. The van der Waals surface area contributed by atoms with E-state index in [0.29, 0.717) is 61.1 Å². The van der Waals surface area contributed by atoms with E-state index in [2.05, 4.69) is 5.32 Å². The lowest BCUT2D eigenvalue weighted by atomic mass is 9.96. The third-order valence-corrected chi connectivity index (χ3v) is 32.2. The zero-order valence-corrected chi connectivity index (χ0v) is 69.8. The van der Waals surface area contributed by atoms with Crippen LogP contribution in [0.4, 0.5) is 0 Å². The second-order valence-corrected chi connectivity index (χ2v) is 42.2. The van der Waals surface area contributed by atoms with Gasteiger partial charge in [-0.15, -0.1) is 11.8 Å². The van der Waals surface area contributed by atoms with Crippen LogP contribution in [0.2, 0.25) is 0 Å². The summed E-state index contributed by atoms with van der Waals surface area (Å²) < 4.78 is 168. The Hall–Kier alpha value is -4.67. The summed E-state index contributed by atoms with van der Waals surface area (Å²) in [5.41, 5.74) is 3.20. The predicted molar refractivity (Wildman–Crippen MR) is 415 cm³/mol. The van der Waals surface area contributed by atoms with Gasteiger partial charge in [-0.25, -0.2) is 42.1 Å². The Morgan fingerprint density at radius 2 is 0.755 bits per heavy atom. The molecule has 0 radical (unpaired) electrons. The summed E-state index contributed by atoms with van der Waals surface area (Å²) >= 11 is 1.57. The standard InChI is InChI=1S/C14H18O4S2.C13H17NO4S2.C12H16O3S2.C11H12O5S2.C11H14O4S2.5C2H6/c1-10(15)7-8-11-9-14(20(2,17)18)12-5-3-4-6-13(12)19(11)16;1-9(15)14-8-10-7-13(20(2,17)18)11-5-3-4-6-12(11)19(10)16;1-8-11(7-13)16-10-6-4-3-5-9(10)12(8)17(2,14)15;1-18(15,16)10-6-9(11(12)13)17(14)8-5-3-2-4-7(8)10;1-17(14,15)11-6-8(7-12)16(13)10-5-3-2-4-9(10)11;5*1-2/h3-6,11,14H,7-9H2,1-2H3;3-6,10,13H,7-8H2,1-2H3,(H,14,15);3-6,8,11-13H,7H2,1-2H3;2-5,9-10H,6H2,1H3,(H,12,13);2-5,8,11-12H,6-7H2,1H3;5*1-2H3/t11-,14?,19?;10-,13?,19?;8-,11+,12?;9-,10?,17?;8-,11?,16?;;;;;/m01111...../s1. The molecule has 5 aromatic rings. The lowest BCUT2D eigenvalue weighted by molar-refractivity contribution is -0.136. The SMILES string of the molecule is CC.CC.CC.CC.CC.CC(=O)CC[C@H]1CC(S(C)(=O)=O)c2ccccc2S1=O.CC(=O)NC[C@H]1CC(S(C)(=O)=O)c2ccccc2S1=O.CS(=O)(=O)C1C[C@H](C(=O)O)S(=O)c2ccccc21.CS(=O)(=O)C1C[C@H](CO)S(=O)c2ccccc21.C[C@H]1C(S(C)(=O)=O)c2ccccc2S[C@H]1CO. The zero-order valence-electron chi connectivity index (χ0n) is 61.6. The van der Waals surface area contributed by atoms with E-state index in [1.165, 1.54) is 44.9 Å². The van der Waals surface area contributed by atoms with Crippen LogP contribution < -0.4 is 5.32 Å². The van der Waals surface area contributed by atoms with Crippen molar-refractivity contribution < 1.29 is 88.6 Å². The highest BCUT2D eigenvalue weighted by Crippen LogP contribution is 2.48. The van der Waals surface area contributed by atoms with Gasteiger partial charge in [0.15, 0.2) is 49.2 Å². The molecule has 0 saturated heterocycles. The Morgan fingerprint density at radius 3 is 1.09 bits per heavy atom. The molecule has 0 spiro atoms. The maximum Gasteiger partial charge on any atom is 0.319 e. The van der Waals surface area contributed by atoms with Crippen molar-refractivity contribution in [3.63, 3.8) is 0 Å². The van der Waals surface area contributed by atoms with Crippen LogP contribution in [-0.4, -0.2) is 169 Å². The van der Waals surface area contributed by atoms with Gasteiger partial charge < -0.3 is 25.4 Å². The first-order valence-corrected chi connectivity index (χ1v) is 49.2. The zero-order chi connectivity index (χ0) is 78.6. The molecule has 0 saturated carbocycles. The number of nitrogens with one attached hydrogen (secondary N) is 1. The van der Waals surface area contributed by atoms with Crippen molar-refractivity contribution in [2.75, 3.05) is 51.0 Å². The fourth-order valence-electron chi connectivity index (χ4n) is 11.5. The van der Waals surface area contributed by atoms with Gasteiger partial charge in [0.2, 0.25) is 5.91 Å². The summed E-state index contributed by atoms with van der Waals surface area (Å²) in [6, 6.07) is 34.7. The number of hydrogen-bond donors (Lipinski definition) is 4. The molecule has 1 amide bonds. The van der Waals surface area contributed by atoms with Crippen molar-refractivity contribution >= 4 is 122 Å². The molecule has 5 heterocycles. The van der Waals surface area contributed by atoms with Gasteiger partial charge in [-0.2, -0.15) is 0 Å². The fourth-order valence-corrected chi connectivity index (χ4v) is 26.7. The van der Waals surface area contributed by atoms with E-state index < -0.39 is 135 Å². The van der Waals surface area contributed by atoms with Gasteiger partial charge >= 0.3 is 5.97 Å².